The number of hydrogen-bond acceptors (Lipinski definition) is 3. The summed E-state index contributed by atoms with van der Waals surface area (Å²) in [5.41, 5.74) is 3.48. The summed E-state index contributed by atoms with van der Waals surface area (Å²) in [6.07, 6.45) is 3.89. The average Bonchev–Trinajstić information content (AvgIpc) is 2.49. The van der Waals surface area contributed by atoms with E-state index in [9.17, 15) is 8.42 Å². The van der Waals surface area contributed by atoms with Crippen molar-refractivity contribution >= 4 is 27.5 Å². The second-order valence-corrected chi connectivity index (χ2v) is 6.69. The van der Waals surface area contributed by atoms with Crippen molar-refractivity contribution in [3.8, 4) is 0 Å². The van der Waals surface area contributed by atoms with E-state index in [2.05, 4.69) is 10.0 Å². The van der Waals surface area contributed by atoms with E-state index in [0.29, 0.717) is 5.69 Å². The second kappa shape index (κ2) is 5.26. The van der Waals surface area contributed by atoms with Gasteiger partial charge in [-0.15, -0.1) is 0 Å². The smallest absolute Gasteiger partial charge is 0.261 e. The fraction of sp³-hybridized carbons (Fsp3) is 0.125. The van der Waals surface area contributed by atoms with Crippen molar-refractivity contribution in [2.24, 2.45) is 0 Å². The monoisotopic (exact) mass is 300 g/mol. The molecule has 3 rings (SSSR count). The summed E-state index contributed by atoms with van der Waals surface area (Å²) in [6.45, 7) is 2.72. The first-order valence-corrected chi connectivity index (χ1v) is 8.17. The van der Waals surface area contributed by atoms with Crippen LogP contribution >= 0.6 is 0 Å². The van der Waals surface area contributed by atoms with Gasteiger partial charge in [0.25, 0.3) is 10.0 Å². The summed E-state index contributed by atoms with van der Waals surface area (Å²) in [5.74, 6) is 0. The molecule has 108 valence electrons. The van der Waals surface area contributed by atoms with Crippen LogP contribution in [0.4, 0.5) is 11.4 Å². The van der Waals surface area contributed by atoms with Crippen LogP contribution < -0.4 is 10.0 Å². The van der Waals surface area contributed by atoms with Gasteiger partial charge in [0.05, 0.1) is 4.90 Å². The zero-order chi connectivity index (χ0) is 14.9. The zero-order valence-corrected chi connectivity index (χ0v) is 12.4. The van der Waals surface area contributed by atoms with Gasteiger partial charge < -0.3 is 5.32 Å². The Bertz CT molecular complexity index is 794. The van der Waals surface area contributed by atoms with E-state index in [1.165, 1.54) is 0 Å². The Hall–Kier alpha value is -2.27. The molecule has 0 atom stereocenters. The topological polar surface area (TPSA) is 58.2 Å². The number of anilines is 2. The molecule has 2 aromatic rings. The molecule has 0 saturated carbocycles. The normalized spacial score (nSPS) is 13.4. The highest BCUT2D eigenvalue weighted by Crippen LogP contribution is 2.25. The molecular formula is C16H16N2O2S. The third-order valence-electron chi connectivity index (χ3n) is 3.34. The van der Waals surface area contributed by atoms with E-state index in [1.807, 2.05) is 31.2 Å². The molecule has 0 bridgehead atoms. The van der Waals surface area contributed by atoms with E-state index in [1.54, 1.807) is 30.3 Å². The van der Waals surface area contributed by atoms with Gasteiger partial charge in [-0.05, 0) is 42.8 Å². The molecular weight excluding hydrogens is 284 g/mol. The Labute approximate surface area is 124 Å². The lowest BCUT2D eigenvalue weighted by Crippen LogP contribution is -2.14. The fourth-order valence-corrected chi connectivity index (χ4v) is 3.29. The van der Waals surface area contributed by atoms with Gasteiger partial charge in [-0.2, -0.15) is 0 Å². The average molecular weight is 300 g/mol. The van der Waals surface area contributed by atoms with E-state index >= 15 is 0 Å². The van der Waals surface area contributed by atoms with Crippen LogP contribution in [-0.4, -0.2) is 15.0 Å². The molecule has 1 aliphatic rings. The lowest BCUT2D eigenvalue weighted by atomic mass is 10.1. The molecule has 0 saturated heterocycles. The highest BCUT2D eigenvalue weighted by molar-refractivity contribution is 7.92. The first kappa shape index (κ1) is 13.7. The van der Waals surface area contributed by atoms with E-state index < -0.39 is 10.0 Å². The van der Waals surface area contributed by atoms with Crippen molar-refractivity contribution in [2.45, 2.75) is 11.8 Å². The largest absolute Gasteiger partial charge is 0.381 e. The number of nitrogens with one attached hydrogen (secondary N) is 2. The highest BCUT2D eigenvalue weighted by atomic mass is 32.2. The molecule has 5 heteroatoms. The molecule has 4 nitrogen and oxygen atoms in total. The van der Waals surface area contributed by atoms with Crippen LogP contribution in [0.25, 0.3) is 6.08 Å². The summed E-state index contributed by atoms with van der Waals surface area (Å²) in [4.78, 5) is 0.259. The van der Waals surface area contributed by atoms with E-state index in [-0.39, 0.29) is 4.90 Å². The summed E-state index contributed by atoms with van der Waals surface area (Å²) in [7, 11) is -3.57. The molecule has 0 radical (unpaired) electrons. The first-order chi connectivity index (χ1) is 10.0. The van der Waals surface area contributed by atoms with Gasteiger partial charge in [0, 0.05) is 17.9 Å². The van der Waals surface area contributed by atoms with Crippen LogP contribution in [0, 0.1) is 6.92 Å². The predicted molar refractivity (Wildman–Crippen MR) is 86.0 cm³/mol. The highest BCUT2D eigenvalue weighted by Gasteiger charge is 2.16. The molecule has 0 aromatic heterocycles. The van der Waals surface area contributed by atoms with Crippen molar-refractivity contribution in [3.05, 3.63) is 59.7 Å². The number of aryl methyl sites for hydroxylation is 1. The van der Waals surface area contributed by atoms with Gasteiger partial charge in [-0.25, -0.2) is 8.42 Å². The number of rotatable bonds is 3. The fourth-order valence-electron chi connectivity index (χ4n) is 2.20. The maximum absolute atomic E-state index is 12.4. The summed E-state index contributed by atoms with van der Waals surface area (Å²) in [5, 5.41) is 3.20. The van der Waals surface area contributed by atoms with Crippen LogP contribution in [0.5, 0.6) is 0 Å². The quantitative estimate of drug-likeness (QED) is 0.915. The third-order valence-corrected chi connectivity index (χ3v) is 4.72. The molecule has 2 N–H and O–H groups in total. The van der Waals surface area contributed by atoms with Crippen molar-refractivity contribution in [1.82, 2.24) is 0 Å². The molecule has 1 aliphatic heterocycles. The number of sulfonamides is 1. The summed E-state index contributed by atoms with van der Waals surface area (Å²) >= 11 is 0. The van der Waals surface area contributed by atoms with Crippen LogP contribution in [0.1, 0.15) is 11.1 Å². The SMILES string of the molecule is Cc1ccc(NS(=O)(=O)c2ccc3c(c2)C=CCN3)cc1. The Morgan fingerprint density at radius 1 is 1.10 bits per heavy atom. The van der Waals surface area contributed by atoms with Crippen molar-refractivity contribution < 1.29 is 8.42 Å². The van der Waals surface area contributed by atoms with Crippen molar-refractivity contribution in [1.29, 1.82) is 0 Å². The second-order valence-electron chi connectivity index (χ2n) is 5.00. The third kappa shape index (κ3) is 2.92. The lowest BCUT2D eigenvalue weighted by molar-refractivity contribution is 0.601. The number of hydrogen-bond donors (Lipinski definition) is 2. The first-order valence-electron chi connectivity index (χ1n) is 6.68. The summed E-state index contributed by atoms with van der Waals surface area (Å²) in [6, 6.07) is 12.3. The Kier molecular flexibility index (Phi) is 3.43. The molecule has 0 aliphatic carbocycles. The standard InChI is InChI=1S/C16H16N2O2S/c1-12-4-6-14(7-5-12)18-21(19,20)15-8-9-16-13(11-15)3-2-10-17-16/h2-9,11,17-18H,10H2,1H3. The minimum absolute atomic E-state index is 0.259. The number of benzene rings is 2. The maximum Gasteiger partial charge on any atom is 0.261 e. The lowest BCUT2D eigenvalue weighted by Gasteiger charge is -2.15. The van der Waals surface area contributed by atoms with Crippen molar-refractivity contribution in [2.75, 3.05) is 16.6 Å². The van der Waals surface area contributed by atoms with Gasteiger partial charge in [-0.1, -0.05) is 29.8 Å². The zero-order valence-electron chi connectivity index (χ0n) is 11.6. The van der Waals surface area contributed by atoms with Crippen LogP contribution in [0.3, 0.4) is 0 Å². The maximum atomic E-state index is 12.4. The van der Waals surface area contributed by atoms with E-state index in [0.717, 1.165) is 23.4 Å². The van der Waals surface area contributed by atoms with Crippen LogP contribution in [-0.2, 0) is 10.0 Å². The summed E-state index contributed by atoms with van der Waals surface area (Å²) < 4.78 is 27.4. The molecule has 0 fully saturated rings. The number of fused-ring (bicyclic) bond motifs is 1. The molecule has 21 heavy (non-hydrogen) atoms. The predicted octanol–water partition coefficient (Wildman–Crippen LogP) is 3.23. The molecule has 1 heterocycles. The van der Waals surface area contributed by atoms with Gasteiger partial charge in [-0.3, -0.25) is 4.72 Å². The van der Waals surface area contributed by atoms with Crippen LogP contribution in [0.2, 0.25) is 0 Å². The molecule has 0 amide bonds. The van der Waals surface area contributed by atoms with Gasteiger partial charge in [0.1, 0.15) is 0 Å². The minimum atomic E-state index is -3.57. The molecule has 0 unspecified atom stereocenters. The molecule has 2 aromatic carbocycles. The van der Waals surface area contributed by atoms with Crippen molar-refractivity contribution in [3.63, 3.8) is 0 Å². The van der Waals surface area contributed by atoms with Gasteiger partial charge >= 0.3 is 0 Å². The Balaban J connectivity index is 1.91. The minimum Gasteiger partial charge on any atom is -0.381 e. The Morgan fingerprint density at radius 3 is 2.62 bits per heavy atom. The van der Waals surface area contributed by atoms with Gasteiger partial charge in [0.2, 0.25) is 0 Å². The van der Waals surface area contributed by atoms with E-state index in [4.69, 9.17) is 0 Å². The van der Waals surface area contributed by atoms with Crippen LogP contribution in [0.15, 0.2) is 53.4 Å². The molecule has 0 spiro atoms. The Morgan fingerprint density at radius 2 is 1.86 bits per heavy atom. The van der Waals surface area contributed by atoms with Gasteiger partial charge in [0.15, 0.2) is 0 Å².